The molecule has 1 aromatic heterocycles. The quantitative estimate of drug-likeness (QED) is 0.926. The molecule has 0 aliphatic heterocycles. The van der Waals surface area contributed by atoms with Crippen LogP contribution in [0.4, 0.5) is 0 Å². The fourth-order valence-electron chi connectivity index (χ4n) is 1.98. The summed E-state index contributed by atoms with van der Waals surface area (Å²) in [5.74, 6) is 0. The molecule has 0 saturated carbocycles. The molecule has 2 rings (SSSR count). The van der Waals surface area contributed by atoms with Crippen LogP contribution in [0.15, 0.2) is 45.7 Å². The highest BCUT2D eigenvalue weighted by atomic mass is 79.9. The van der Waals surface area contributed by atoms with Gasteiger partial charge in [0.25, 0.3) is 0 Å². The molecule has 1 atom stereocenters. The molecule has 0 amide bonds. The zero-order valence-corrected chi connectivity index (χ0v) is 11.6. The van der Waals surface area contributed by atoms with E-state index in [0.717, 1.165) is 16.7 Å². The van der Waals surface area contributed by atoms with Crippen molar-refractivity contribution in [1.29, 1.82) is 0 Å². The van der Waals surface area contributed by atoms with Gasteiger partial charge in [0.15, 0.2) is 4.67 Å². The van der Waals surface area contributed by atoms with Crippen molar-refractivity contribution < 1.29 is 4.42 Å². The molecular formula is C14H16BrNO. The Bertz CT molecular complexity index is 492. The maximum absolute atomic E-state index is 5.29. The second-order valence-electron chi connectivity index (χ2n) is 4.12. The number of rotatable bonds is 4. The van der Waals surface area contributed by atoms with E-state index in [0.29, 0.717) is 0 Å². The van der Waals surface area contributed by atoms with Crippen molar-refractivity contribution in [2.75, 3.05) is 7.05 Å². The van der Waals surface area contributed by atoms with Gasteiger partial charge in [-0.1, -0.05) is 24.3 Å². The minimum Gasteiger partial charge on any atom is -0.457 e. The number of halogens is 1. The van der Waals surface area contributed by atoms with Crippen molar-refractivity contribution in [3.63, 3.8) is 0 Å². The first kappa shape index (κ1) is 12.4. The molecule has 1 unspecified atom stereocenters. The van der Waals surface area contributed by atoms with Gasteiger partial charge in [-0.25, -0.2) is 0 Å². The fourth-order valence-corrected chi connectivity index (χ4v) is 2.50. The van der Waals surface area contributed by atoms with Gasteiger partial charge in [0, 0.05) is 11.6 Å². The van der Waals surface area contributed by atoms with Gasteiger partial charge in [-0.05, 0) is 53.5 Å². The molecule has 17 heavy (non-hydrogen) atoms. The highest BCUT2D eigenvalue weighted by molar-refractivity contribution is 9.10. The van der Waals surface area contributed by atoms with Crippen LogP contribution in [-0.2, 0) is 6.42 Å². The Morgan fingerprint density at radius 1 is 1.29 bits per heavy atom. The van der Waals surface area contributed by atoms with Crippen molar-refractivity contribution in [3.05, 3.63) is 58.0 Å². The van der Waals surface area contributed by atoms with E-state index in [9.17, 15) is 0 Å². The molecule has 3 heteroatoms. The van der Waals surface area contributed by atoms with Crippen LogP contribution in [0.25, 0.3) is 0 Å². The van der Waals surface area contributed by atoms with Gasteiger partial charge in [-0.3, -0.25) is 0 Å². The Hall–Kier alpha value is -1.06. The van der Waals surface area contributed by atoms with Gasteiger partial charge in [0.2, 0.25) is 0 Å². The van der Waals surface area contributed by atoms with Crippen LogP contribution in [0, 0.1) is 6.92 Å². The predicted octanol–water partition coefficient (Wildman–Crippen LogP) is 3.85. The first-order valence-corrected chi connectivity index (χ1v) is 6.46. The smallest absolute Gasteiger partial charge is 0.173 e. The van der Waals surface area contributed by atoms with Crippen molar-refractivity contribution >= 4 is 15.9 Å². The van der Waals surface area contributed by atoms with Crippen molar-refractivity contribution in [2.45, 2.75) is 19.4 Å². The molecule has 0 saturated heterocycles. The second-order valence-corrected chi connectivity index (χ2v) is 4.84. The lowest BCUT2D eigenvalue weighted by atomic mass is 9.98. The maximum atomic E-state index is 5.29. The average Bonchev–Trinajstić information content (AvgIpc) is 2.75. The summed E-state index contributed by atoms with van der Waals surface area (Å²) >= 11 is 3.43. The van der Waals surface area contributed by atoms with E-state index in [1.165, 1.54) is 11.1 Å². The largest absolute Gasteiger partial charge is 0.457 e. The molecular weight excluding hydrogens is 278 g/mol. The fraction of sp³-hybridized carbons (Fsp3) is 0.286. The molecule has 1 N–H and O–H groups in total. The van der Waals surface area contributed by atoms with Crippen LogP contribution in [0.2, 0.25) is 0 Å². The van der Waals surface area contributed by atoms with Gasteiger partial charge in [-0.2, -0.15) is 0 Å². The molecule has 90 valence electrons. The minimum absolute atomic E-state index is 0.268. The number of furan rings is 1. The van der Waals surface area contributed by atoms with E-state index in [1.807, 2.05) is 13.1 Å². The Labute approximate surface area is 110 Å². The second kappa shape index (κ2) is 5.52. The third-order valence-electron chi connectivity index (χ3n) is 3.06. The summed E-state index contributed by atoms with van der Waals surface area (Å²) in [6.45, 7) is 2.15. The summed E-state index contributed by atoms with van der Waals surface area (Å²) in [6, 6.07) is 10.7. The maximum Gasteiger partial charge on any atom is 0.173 e. The van der Waals surface area contributed by atoms with Crippen molar-refractivity contribution in [3.8, 4) is 0 Å². The Balaban J connectivity index is 2.22. The minimum atomic E-state index is 0.268. The van der Waals surface area contributed by atoms with E-state index in [-0.39, 0.29) is 6.04 Å². The molecule has 0 aliphatic carbocycles. The lowest BCUT2D eigenvalue weighted by Gasteiger charge is -2.16. The Kier molecular flexibility index (Phi) is 4.02. The van der Waals surface area contributed by atoms with Crippen LogP contribution < -0.4 is 5.32 Å². The molecule has 1 aromatic carbocycles. The number of hydrogen-bond donors (Lipinski definition) is 1. The van der Waals surface area contributed by atoms with Gasteiger partial charge in [0.1, 0.15) is 0 Å². The molecule has 0 fully saturated rings. The summed E-state index contributed by atoms with van der Waals surface area (Å²) in [5.41, 5.74) is 3.85. The number of aryl methyl sites for hydroxylation is 1. The van der Waals surface area contributed by atoms with E-state index < -0.39 is 0 Å². The summed E-state index contributed by atoms with van der Waals surface area (Å²) in [5, 5.41) is 3.33. The SMILES string of the molecule is CNC(Cc1ccccc1C)c1ccoc1Br. The molecule has 2 aromatic rings. The topological polar surface area (TPSA) is 25.2 Å². The van der Waals surface area contributed by atoms with Crippen LogP contribution in [0.3, 0.4) is 0 Å². The van der Waals surface area contributed by atoms with Gasteiger partial charge >= 0.3 is 0 Å². The number of benzene rings is 1. The predicted molar refractivity (Wildman–Crippen MR) is 73.1 cm³/mol. The third-order valence-corrected chi connectivity index (χ3v) is 3.70. The van der Waals surface area contributed by atoms with Crippen molar-refractivity contribution in [2.24, 2.45) is 0 Å². The lowest BCUT2D eigenvalue weighted by molar-refractivity contribution is 0.518. The number of hydrogen-bond acceptors (Lipinski definition) is 2. The molecule has 1 heterocycles. The summed E-state index contributed by atoms with van der Waals surface area (Å²) < 4.78 is 6.10. The summed E-state index contributed by atoms with van der Waals surface area (Å²) in [6.07, 6.45) is 2.67. The summed E-state index contributed by atoms with van der Waals surface area (Å²) in [4.78, 5) is 0. The first-order chi connectivity index (χ1) is 8.22. The molecule has 0 radical (unpaired) electrons. The van der Waals surface area contributed by atoms with Crippen LogP contribution in [-0.4, -0.2) is 7.05 Å². The monoisotopic (exact) mass is 293 g/mol. The van der Waals surface area contributed by atoms with Crippen LogP contribution in [0.5, 0.6) is 0 Å². The highest BCUT2D eigenvalue weighted by Gasteiger charge is 2.16. The molecule has 2 nitrogen and oxygen atoms in total. The number of nitrogens with one attached hydrogen (secondary N) is 1. The van der Waals surface area contributed by atoms with Gasteiger partial charge in [-0.15, -0.1) is 0 Å². The lowest BCUT2D eigenvalue weighted by Crippen LogP contribution is -2.19. The van der Waals surface area contributed by atoms with Crippen LogP contribution >= 0.6 is 15.9 Å². The zero-order chi connectivity index (χ0) is 12.3. The molecule has 0 bridgehead atoms. The zero-order valence-electron chi connectivity index (χ0n) is 10.0. The number of likely N-dealkylation sites (N-methyl/N-ethyl adjacent to an activating group) is 1. The normalized spacial score (nSPS) is 12.6. The summed E-state index contributed by atoms with van der Waals surface area (Å²) in [7, 11) is 1.97. The van der Waals surface area contributed by atoms with E-state index in [4.69, 9.17) is 4.42 Å². The Morgan fingerprint density at radius 3 is 2.65 bits per heavy atom. The standard InChI is InChI=1S/C14H16BrNO/c1-10-5-3-4-6-11(10)9-13(16-2)12-7-8-17-14(12)15/h3-8,13,16H,9H2,1-2H3. The Morgan fingerprint density at radius 2 is 2.06 bits per heavy atom. The van der Waals surface area contributed by atoms with Crippen LogP contribution in [0.1, 0.15) is 22.7 Å². The average molecular weight is 294 g/mol. The van der Waals surface area contributed by atoms with E-state index >= 15 is 0 Å². The highest BCUT2D eigenvalue weighted by Crippen LogP contribution is 2.27. The van der Waals surface area contributed by atoms with Gasteiger partial charge < -0.3 is 9.73 Å². The van der Waals surface area contributed by atoms with Gasteiger partial charge in [0.05, 0.1) is 6.26 Å². The third kappa shape index (κ3) is 2.79. The first-order valence-electron chi connectivity index (χ1n) is 5.67. The van der Waals surface area contributed by atoms with E-state index in [2.05, 4.69) is 52.4 Å². The molecule has 0 spiro atoms. The molecule has 0 aliphatic rings. The van der Waals surface area contributed by atoms with Crippen molar-refractivity contribution in [1.82, 2.24) is 5.32 Å². The van der Waals surface area contributed by atoms with E-state index in [1.54, 1.807) is 6.26 Å².